The number of hydrogen-bond donors (Lipinski definition) is 0. The molecule has 6 rings (SSSR count). The third-order valence-electron chi connectivity index (χ3n) is 8.20. The van der Waals surface area contributed by atoms with Crippen molar-refractivity contribution in [1.82, 2.24) is 5.01 Å². The van der Waals surface area contributed by atoms with Gasteiger partial charge in [-0.1, -0.05) is 152 Å². The Kier molecular flexibility index (Phi) is 14.6. The van der Waals surface area contributed by atoms with Gasteiger partial charge in [-0.05, 0) is 71.8 Å². The van der Waals surface area contributed by atoms with Gasteiger partial charge in [-0.25, -0.2) is 0 Å². The Labute approximate surface area is 304 Å². The van der Waals surface area contributed by atoms with E-state index < -0.39 is 0 Å². The van der Waals surface area contributed by atoms with Gasteiger partial charge in [0.05, 0.1) is 32.4 Å². The molecule has 0 N–H and O–H groups in total. The SMILES string of the molecule is C(CCc1ccccc1)=NN(Cc1ccccc1)c1ccccc1.COc1ccc(CC(C)=NN(Cc2ccccc2)Cc2ccccc2)cc1. The molecule has 0 amide bonds. The van der Waals surface area contributed by atoms with Crippen molar-refractivity contribution in [3.63, 3.8) is 0 Å². The number of nitrogens with zero attached hydrogens (tertiary/aromatic N) is 4. The average molecular weight is 673 g/mol. The lowest BCUT2D eigenvalue weighted by atomic mass is 10.1. The largest absolute Gasteiger partial charge is 0.497 e. The molecule has 0 aliphatic heterocycles. The van der Waals surface area contributed by atoms with E-state index in [4.69, 9.17) is 14.9 Å². The van der Waals surface area contributed by atoms with E-state index in [1.165, 1.54) is 27.8 Å². The van der Waals surface area contributed by atoms with Gasteiger partial charge >= 0.3 is 0 Å². The number of hydrogen-bond acceptors (Lipinski definition) is 5. The van der Waals surface area contributed by atoms with Gasteiger partial charge in [0.2, 0.25) is 0 Å². The fourth-order valence-corrected chi connectivity index (χ4v) is 5.62. The summed E-state index contributed by atoms with van der Waals surface area (Å²) in [5.41, 5.74) is 8.55. The summed E-state index contributed by atoms with van der Waals surface area (Å²) < 4.78 is 5.23. The predicted octanol–water partition coefficient (Wildman–Crippen LogP) is 10.6. The molecule has 0 radical (unpaired) electrons. The van der Waals surface area contributed by atoms with E-state index in [2.05, 4.69) is 144 Å². The summed E-state index contributed by atoms with van der Waals surface area (Å²) in [4.78, 5) is 0. The number of para-hydroxylation sites is 1. The quantitative estimate of drug-likeness (QED) is 0.0805. The minimum atomic E-state index is 0.771. The van der Waals surface area contributed by atoms with Crippen molar-refractivity contribution in [3.8, 4) is 5.75 Å². The first-order chi connectivity index (χ1) is 25.1. The molecule has 0 bridgehead atoms. The smallest absolute Gasteiger partial charge is 0.118 e. The second-order valence-electron chi connectivity index (χ2n) is 12.4. The minimum absolute atomic E-state index is 0.771. The van der Waals surface area contributed by atoms with Gasteiger partial charge < -0.3 is 4.74 Å². The van der Waals surface area contributed by atoms with E-state index in [1.807, 2.05) is 54.7 Å². The molecule has 0 aliphatic carbocycles. The van der Waals surface area contributed by atoms with Crippen molar-refractivity contribution >= 4 is 17.6 Å². The Balaban J connectivity index is 0.000000199. The summed E-state index contributed by atoms with van der Waals surface area (Å²) in [7, 11) is 1.69. The van der Waals surface area contributed by atoms with Crippen molar-refractivity contribution in [3.05, 3.63) is 204 Å². The summed E-state index contributed by atoms with van der Waals surface area (Å²) >= 11 is 0. The first-order valence-corrected chi connectivity index (χ1v) is 17.6. The number of hydrazone groups is 2. The number of rotatable bonds is 15. The average Bonchev–Trinajstić information content (AvgIpc) is 3.18. The molecule has 0 saturated heterocycles. The number of anilines is 1. The molecular weight excluding hydrogens is 625 g/mol. The standard InChI is InChI=1S/C24H26N2O.C22H22N2/c1-20(17-21-13-15-24(27-2)16-14-21)25-26(18-22-9-5-3-6-10-22)19-23-11-7-4-8-12-23;1-4-11-20(12-5-1)15-10-18-23-24(22-16-8-3-9-17-22)19-21-13-6-2-7-14-21/h3-16H,17-19H2,1-2H3;1-9,11-14,16-18H,10,15,19H2. The number of benzene rings is 6. The molecule has 0 atom stereocenters. The van der Waals surface area contributed by atoms with Crippen LogP contribution in [0.15, 0.2) is 186 Å². The van der Waals surface area contributed by atoms with Crippen molar-refractivity contribution < 1.29 is 4.74 Å². The van der Waals surface area contributed by atoms with Crippen LogP contribution in [0.3, 0.4) is 0 Å². The molecule has 51 heavy (non-hydrogen) atoms. The highest BCUT2D eigenvalue weighted by atomic mass is 16.5. The molecule has 0 fully saturated rings. The van der Waals surface area contributed by atoms with E-state index in [0.717, 1.165) is 56.0 Å². The van der Waals surface area contributed by atoms with Gasteiger partial charge in [0.1, 0.15) is 5.75 Å². The van der Waals surface area contributed by atoms with E-state index in [0.29, 0.717) is 0 Å². The van der Waals surface area contributed by atoms with E-state index in [1.54, 1.807) is 7.11 Å². The zero-order chi connectivity index (χ0) is 35.4. The fourth-order valence-electron chi connectivity index (χ4n) is 5.62. The van der Waals surface area contributed by atoms with Crippen LogP contribution < -0.4 is 9.75 Å². The molecule has 0 heterocycles. The Morgan fingerprint density at radius 1 is 0.529 bits per heavy atom. The summed E-state index contributed by atoms with van der Waals surface area (Å²) in [6.45, 7) is 4.44. The van der Waals surface area contributed by atoms with Crippen LogP contribution in [-0.2, 0) is 32.5 Å². The van der Waals surface area contributed by atoms with E-state index >= 15 is 0 Å². The van der Waals surface area contributed by atoms with E-state index in [9.17, 15) is 0 Å². The van der Waals surface area contributed by atoms with Crippen molar-refractivity contribution in [2.45, 2.75) is 45.8 Å². The molecule has 258 valence electrons. The Bertz CT molecular complexity index is 1820. The monoisotopic (exact) mass is 672 g/mol. The maximum Gasteiger partial charge on any atom is 0.118 e. The first kappa shape index (κ1) is 36.3. The third kappa shape index (κ3) is 13.1. The van der Waals surface area contributed by atoms with E-state index in [-0.39, 0.29) is 0 Å². The van der Waals surface area contributed by atoms with Crippen LogP contribution in [0.5, 0.6) is 5.75 Å². The maximum atomic E-state index is 5.23. The lowest BCUT2D eigenvalue weighted by Gasteiger charge is -2.21. The number of methoxy groups -OCH3 is 1. The van der Waals surface area contributed by atoms with Gasteiger partial charge in [-0.3, -0.25) is 10.0 Å². The van der Waals surface area contributed by atoms with Gasteiger partial charge in [0.25, 0.3) is 0 Å². The lowest BCUT2D eigenvalue weighted by Crippen LogP contribution is -2.19. The maximum absolute atomic E-state index is 5.23. The zero-order valence-electron chi connectivity index (χ0n) is 29.8. The van der Waals surface area contributed by atoms with Crippen LogP contribution >= 0.6 is 0 Å². The van der Waals surface area contributed by atoms with Crippen LogP contribution in [0.4, 0.5) is 5.69 Å². The second-order valence-corrected chi connectivity index (χ2v) is 12.4. The van der Waals surface area contributed by atoms with Crippen LogP contribution in [0.2, 0.25) is 0 Å². The topological polar surface area (TPSA) is 40.4 Å². The zero-order valence-corrected chi connectivity index (χ0v) is 29.8. The number of aryl methyl sites for hydroxylation is 1. The van der Waals surface area contributed by atoms with Crippen LogP contribution in [-0.4, -0.2) is 24.0 Å². The lowest BCUT2D eigenvalue weighted by molar-refractivity contribution is 0.270. The molecule has 0 saturated carbocycles. The molecule has 5 heteroatoms. The van der Waals surface area contributed by atoms with Gasteiger partial charge in [0.15, 0.2) is 0 Å². The Hall–Kier alpha value is -5.94. The minimum Gasteiger partial charge on any atom is -0.497 e. The van der Waals surface area contributed by atoms with Gasteiger partial charge in [0, 0.05) is 18.3 Å². The Morgan fingerprint density at radius 3 is 1.47 bits per heavy atom. The summed E-state index contributed by atoms with van der Waals surface area (Å²) in [5, 5.41) is 13.8. The van der Waals surface area contributed by atoms with Gasteiger partial charge in [-0.2, -0.15) is 10.2 Å². The molecule has 0 aliphatic rings. The van der Waals surface area contributed by atoms with Gasteiger partial charge in [-0.15, -0.1) is 0 Å². The fraction of sp³-hybridized carbons (Fsp3) is 0.174. The molecule has 6 aromatic rings. The molecule has 5 nitrogen and oxygen atoms in total. The van der Waals surface area contributed by atoms with Crippen LogP contribution in [0.1, 0.15) is 41.2 Å². The molecule has 0 aromatic heterocycles. The normalized spacial score (nSPS) is 11.1. The van der Waals surface area contributed by atoms with Crippen molar-refractivity contribution in [2.75, 3.05) is 12.1 Å². The molecule has 0 unspecified atom stereocenters. The summed E-state index contributed by atoms with van der Waals surface area (Å²) in [5.74, 6) is 0.878. The summed E-state index contributed by atoms with van der Waals surface area (Å²) in [6, 6.07) is 60.4. The molecular formula is C46H48N4O. The number of ether oxygens (including phenoxy) is 1. The van der Waals surface area contributed by atoms with Crippen LogP contribution in [0, 0.1) is 0 Å². The molecule has 6 aromatic carbocycles. The highest BCUT2D eigenvalue weighted by Crippen LogP contribution is 2.18. The first-order valence-electron chi connectivity index (χ1n) is 17.6. The van der Waals surface area contributed by atoms with Crippen molar-refractivity contribution in [2.24, 2.45) is 10.2 Å². The predicted molar refractivity (Wildman–Crippen MR) is 214 cm³/mol. The second kappa shape index (κ2) is 20.5. The third-order valence-corrected chi connectivity index (χ3v) is 8.20. The van der Waals surface area contributed by atoms with Crippen LogP contribution in [0.25, 0.3) is 0 Å². The highest BCUT2D eigenvalue weighted by molar-refractivity contribution is 5.84. The molecule has 0 spiro atoms. The highest BCUT2D eigenvalue weighted by Gasteiger charge is 2.07. The summed E-state index contributed by atoms with van der Waals surface area (Å²) in [6.07, 6.45) is 4.79. The Morgan fingerprint density at radius 2 is 0.980 bits per heavy atom. The van der Waals surface area contributed by atoms with Crippen molar-refractivity contribution in [1.29, 1.82) is 0 Å².